The molecule has 18 heavy (non-hydrogen) atoms. The molecule has 0 aliphatic rings. The average molecular weight is 266 g/mol. The van der Waals surface area contributed by atoms with Gasteiger partial charge < -0.3 is 9.52 Å². The number of carboxylic acids is 1. The summed E-state index contributed by atoms with van der Waals surface area (Å²) in [5.41, 5.74) is 0.576. The fourth-order valence-electron chi connectivity index (χ4n) is 1.41. The zero-order valence-corrected chi connectivity index (χ0v) is 9.91. The van der Waals surface area contributed by atoms with Gasteiger partial charge in [-0.25, -0.2) is 4.98 Å². The second-order valence-electron chi connectivity index (χ2n) is 3.90. The highest BCUT2D eigenvalue weighted by Gasteiger charge is 2.32. The first-order chi connectivity index (χ1) is 8.17. The predicted octanol–water partition coefficient (Wildman–Crippen LogP) is 1.74. The number of carboxylic acid groups (broad SMARTS) is 1. The number of hydrogen-bond donors (Lipinski definition) is 1. The van der Waals surface area contributed by atoms with Gasteiger partial charge in [-0.1, -0.05) is 0 Å². The molecule has 8 heteroatoms. The second kappa shape index (κ2) is 5.38. The zero-order chi connectivity index (χ0) is 13.9. The molecule has 0 bridgehead atoms. The third-order valence-electron chi connectivity index (χ3n) is 2.19. The van der Waals surface area contributed by atoms with Crippen molar-refractivity contribution in [2.45, 2.75) is 26.6 Å². The molecule has 0 aliphatic heterocycles. The number of carbonyl (C=O) groups is 1. The summed E-state index contributed by atoms with van der Waals surface area (Å²) in [6.45, 7) is 0.963. The average Bonchev–Trinajstić information content (AvgIpc) is 2.40. The van der Waals surface area contributed by atoms with E-state index in [1.807, 2.05) is 0 Å². The van der Waals surface area contributed by atoms with Crippen LogP contribution in [0.2, 0.25) is 0 Å². The highest BCUT2D eigenvalue weighted by atomic mass is 19.4. The number of oxazole rings is 1. The zero-order valence-electron chi connectivity index (χ0n) is 9.91. The molecule has 0 atom stereocenters. The van der Waals surface area contributed by atoms with Crippen LogP contribution in [0.3, 0.4) is 0 Å². The van der Waals surface area contributed by atoms with Crippen LogP contribution < -0.4 is 0 Å². The number of aliphatic carboxylic acids is 1. The van der Waals surface area contributed by atoms with Crippen LogP contribution in [-0.2, 0) is 11.3 Å². The molecule has 0 saturated carbocycles. The van der Waals surface area contributed by atoms with Gasteiger partial charge in [-0.05, 0) is 13.8 Å². The van der Waals surface area contributed by atoms with Crippen molar-refractivity contribution in [1.29, 1.82) is 0 Å². The first kappa shape index (κ1) is 14.5. The van der Waals surface area contributed by atoms with E-state index in [4.69, 9.17) is 9.52 Å². The molecule has 1 heterocycles. The lowest BCUT2D eigenvalue weighted by Gasteiger charge is -2.19. The van der Waals surface area contributed by atoms with Gasteiger partial charge in [-0.3, -0.25) is 9.69 Å². The standard InChI is InChI=1S/C10H13F3N2O3/c1-6-7(2)18-8(14-6)3-15(4-9(16)17)5-10(11,12)13/h3-5H2,1-2H3,(H,16,17). The van der Waals surface area contributed by atoms with Gasteiger partial charge in [0.1, 0.15) is 5.76 Å². The molecule has 1 aromatic rings. The number of aryl methyl sites for hydroxylation is 2. The molecule has 1 N–H and O–H groups in total. The number of nitrogens with zero attached hydrogens (tertiary/aromatic N) is 2. The topological polar surface area (TPSA) is 66.6 Å². The Hall–Kier alpha value is -1.57. The Morgan fingerprint density at radius 3 is 2.44 bits per heavy atom. The van der Waals surface area contributed by atoms with Gasteiger partial charge in [0.15, 0.2) is 0 Å². The Balaban J connectivity index is 2.74. The SMILES string of the molecule is Cc1nc(CN(CC(=O)O)CC(F)(F)F)oc1C. The van der Waals surface area contributed by atoms with E-state index in [1.165, 1.54) is 0 Å². The van der Waals surface area contributed by atoms with Crippen molar-refractivity contribution >= 4 is 5.97 Å². The van der Waals surface area contributed by atoms with Crippen LogP contribution in [0.5, 0.6) is 0 Å². The minimum atomic E-state index is -4.47. The normalized spacial score (nSPS) is 12.1. The van der Waals surface area contributed by atoms with Crippen molar-refractivity contribution in [2.24, 2.45) is 0 Å². The van der Waals surface area contributed by atoms with E-state index in [-0.39, 0.29) is 12.4 Å². The summed E-state index contributed by atoms with van der Waals surface area (Å²) in [5.74, 6) is -0.748. The molecule has 102 valence electrons. The molecule has 0 radical (unpaired) electrons. The molecule has 0 unspecified atom stereocenters. The molecular weight excluding hydrogens is 253 g/mol. The largest absolute Gasteiger partial charge is 0.480 e. The van der Waals surface area contributed by atoms with Crippen molar-refractivity contribution in [3.63, 3.8) is 0 Å². The van der Waals surface area contributed by atoms with Crippen molar-refractivity contribution in [2.75, 3.05) is 13.1 Å². The van der Waals surface area contributed by atoms with Gasteiger partial charge in [0.2, 0.25) is 5.89 Å². The summed E-state index contributed by atoms with van der Waals surface area (Å²) in [6.07, 6.45) is -4.47. The summed E-state index contributed by atoms with van der Waals surface area (Å²) in [4.78, 5) is 15.1. The summed E-state index contributed by atoms with van der Waals surface area (Å²) in [5, 5.41) is 8.56. The highest BCUT2D eigenvalue weighted by Crippen LogP contribution is 2.18. The quantitative estimate of drug-likeness (QED) is 0.879. The van der Waals surface area contributed by atoms with E-state index in [2.05, 4.69) is 4.98 Å². The third-order valence-corrected chi connectivity index (χ3v) is 2.19. The summed E-state index contributed by atoms with van der Waals surface area (Å²) >= 11 is 0. The first-order valence-electron chi connectivity index (χ1n) is 5.11. The predicted molar refractivity (Wildman–Crippen MR) is 54.9 cm³/mol. The van der Waals surface area contributed by atoms with E-state index < -0.39 is 25.2 Å². The minimum Gasteiger partial charge on any atom is -0.480 e. The van der Waals surface area contributed by atoms with Crippen molar-refractivity contribution in [3.8, 4) is 0 Å². The van der Waals surface area contributed by atoms with Gasteiger partial charge in [0, 0.05) is 0 Å². The van der Waals surface area contributed by atoms with E-state index in [0.29, 0.717) is 16.4 Å². The molecule has 0 spiro atoms. The van der Waals surface area contributed by atoms with Gasteiger partial charge in [-0.15, -0.1) is 0 Å². The molecule has 0 amide bonds. The van der Waals surface area contributed by atoms with E-state index in [1.54, 1.807) is 13.8 Å². The Kier molecular flexibility index (Phi) is 4.33. The highest BCUT2D eigenvalue weighted by molar-refractivity contribution is 5.69. The number of halogens is 3. The number of alkyl halides is 3. The third kappa shape index (κ3) is 4.74. The van der Waals surface area contributed by atoms with Crippen LogP contribution in [0, 0.1) is 13.8 Å². The van der Waals surface area contributed by atoms with Gasteiger partial charge in [-0.2, -0.15) is 13.2 Å². The van der Waals surface area contributed by atoms with Crippen LogP contribution in [0.25, 0.3) is 0 Å². The van der Waals surface area contributed by atoms with E-state index in [9.17, 15) is 18.0 Å². The summed E-state index contributed by atoms with van der Waals surface area (Å²) < 4.78 is 41.9. The van der Waals surface area contributed by atoms with Crippen molar-refractivity contribution in [3.05, 3.63) is 17.3 Å². The van der Waals surface area contributed by atoms with Crippen LogP contribution >= 0.6 is 0 Å². The molecule has 0 aromatic carbocycles. The van der Waals surface area contributed by atoms with Crippen LogP contribution in [0.1, 0.15) is 17.3 Å². The van der Waals surface area contributed by atoms with E-state index in [0.717, 1.165) is 0 Å². The van der Waals surface area contributed by atoms with Crippen LogP contribution in [0.4, 0.5) is 13.2 Å². The number of aromatic nitrogens is 1. The fourth-order valence-corrected chi connectivity index (χ4v) is 1.41. The maximum Gasteiger partial charge on any atom is 0.401 e. The molecule has 5 nitrogen and oxygen atoms in total. The first-order valence-corrected chi connectivity index (χ1v) is 5.11. The van der Waals surface area contributed by atoms with Gasteiger partial charge in [0.05, 0.1) is 25.3 Å². The number of hydrogen-bond acceptors (Lipinski definition) is 4. The van der Waals surface area contributed by atoms with Crippen LogP contribution in [0.15, 0.2) is 4.42 Å². The molecular formula is C10H13F3N2O3. The molecule has 1 aromatic heterocycles. The Bertz CT molecular complexity index is 409. The van der Waals surface area contributed by atoms with Crippen LogP contribution in [-0.4, -0.2) is 40.2 Å². The smallest absolute Gasteiger partial charge is 0.401 e. The lowest BCUT2D eigenvalue weighted by molar-refractivity contribution is -0.155. The van der Waals surface area contributed by atoms with Crippen molar-refractivity contribution in [1.82, 2.24) is 9.88 Å². The van der Waals surface area contributed by atoms with Gasteiger partial charge in [0.25, 0.3) is 0 Å². The Morgan fingerprint density at radius 2 is 2.06 bits per heavy atom. The summed E-state index contributed by atoms with van der Waals surface area (Å²) in [6, 6.07) is 0. The Morgan fingerprint density at radius 1 is 1.44 bits per heavy atom. The Labute approximate surface area is 101 Å². The maximum absolute atomic E-state index is 12.3. The monoisotopic (exact) mass is 266 g/mol. The van der Waals surface area contributed by atoms with Gasteiger partial charge >= 0.3 is 12.1 Å². The lowest BCUT2D eigenvalue weighted by atomic mass is 10.4. The second-order valence-corrected chi connectivity index (χ2v) is 3.90. The molecule has 0 aliphatic carbocycles. The van der Waals surface area contributed by atoms with Crippen molar-refractivity contribution < 1.29 is 27.5 Å². The fraction of sp³-hybridized carbons (Fsp3) is 0.600. The molecule has 0 fully saturated rings. The summed E-state index contributed by atoms with van der Waals surface area (Å²) in [7, 11) is 0. The number of rotatable bonds is 5. The lowest BCUT2D eigenvalue weighted by Crippen LogP contribution is -2.37. The molecule has 1 rings (SSSR count). The molecule has 0 saturated heterocycles. The minimum absolute atomic E-state index is 0.0792. The van der Waals surface area contributed by atoms with E-state index >= 15 is 0 Å². The maximum atomic E-state index is 12.3.